The Balaban J connectivity index is 1.25. The van der Waals surface area contributed by atoms with Crippen LogP contribution in [0.3, 0.4) is 0 Å². The third-order valence-corrected chi connectivity index (χ3v) is 6.51. The van der Waals surface area contributed by atoms with E-state index in [-0.39, 0.29) is 0 Å². The molecule has 0 amide bonds. The monoisotopic (exact) mass is 369 g/mol. The molecule has 0 N–H and O–H groups in total. The lowest BCUT2D eigenvalue weighted by atomic mass is 9.95. The summed E-state index contributed by atoms with van der Waals surface area (Å²) >= 11 is 0. The highest BCUT2D eigenvalue weighted by molar-refractivity contribution is 5.09. The Morgan fingerprint density at radius 2 is 1.59 bits per heavy atom. The average molecular weight is 370 g/mol. The Labute approximate surface area is 161 Å². The van der Waals surface area contributed by atoms with E-state index in [1.54, 1.807) is 0 Å². The van der Waals surface area contributed by atoms with Crippen molar-refractivity contribution in [1.29, 1.82) is 0 Å². The summed E-state index contributed by atoms with van der Waals surface area (Å²) in [6, 6.07) is 0.665. The first-order valence-electron chi connectivity index (χ1n) is 10.6. The first kappa shape index (κ1) is 17.4. The van der Waals surface area contributed by atoms with Crippen molar-refractivity contribution in [2.75, 3.05) is 26.2 Å². The van der Waals surface area contributed by atoms with Crippen LogP contribution in [0.5, 0.6) is 0 Å². The molecule has 0 unspecified atom stereocenters. The highest BCUT2D eigenvalue weighted by Gasteiger charge is 2.34. The number of nitrogens with zero attached hydrogens (tertiary/aromatic N) is 7. The summed E-state index contributed by atoms with van der Waals surface area (Å²) in [5.41, 5.74) is 0. The normalized spacial score (nSPS) is 22.7. The molecule has 4 heterocycles. The lowest BCUT2D eigenvalue weighted by Crippen LogP contribution is -2.34. The third-order valence-electron chi connectivity index (χ3n) is 6.51. The number of imidazole rings is 1. The van der Waals surface area contributed by atoms with Gasteiger partial charge >= 0.3 is 0 Å². The minimum atomic E-state index is 0.558. The van der Waals surface area contributed by atoms with E-state index in [4.69, 9.17) is 5.10 Å². The van der Waals surface area contributed by atoms with Crippen LogP contribution in [0.15, 0.2) is 12.4 Å². The van der Waals surface area contributed by atoms with Crippen LogP contribution in [-0.2, 0) is 20.1 Å². The van der Waals surface area contributed by atoms with Crippen molar-refractivity contribution in [3.63, 3.8) is 0 Å². The molecule has 1 saturated carbocycles. The van der Waals surface area contributed by atoms with Crippen LogP contribution < -0.4 is 0 Å². The Morgan fingerprint density at radius 3 is 2.26 bits per heavy atom. The Kier molecular flexibility index (Phi) is 4.73. The van der Waals surface area contributed by atoms with Crippen LogP contribution in [0.2, 0.25) is 0 Å². The summed E-state index contributed by atoms with van der Waals surface area (Å²) in [4.78, 5) is 9.55. The highest BCUT2D eigenvalue weighted by atomic mass is 15.3. The predicted octanol–water partition coefficient (Wildman–Crippen LogP) is 2.32. The molecule has 2 aliphatic heterocycles. The van der Waals surface area contributed by atoms with E-state index in [0.29, 0.717) is 12.0 Å². The lowest BCUT2D eigenvalue weighted by molar-refractivity contribution is 0.194. The Morgan fingerprint density at radius 1 is 0.889 bits per heavy atom. The van der Waals surface area contributed by atoms with Gasteiger partial charge in [-0.15, -0.1) is 10.2 Å². The maximum atomic E-state index is 4.71. The first-order chi connectivity index (χ1) is 13.3. The van der Waals surface area contributed by atoms with Crippen LogP contribution in [0.1, 0.15) is 68.0 Å². The lowest BCUT2D eigenvalue weighted by Gasteiger charge is -2.31. The molecule has 2 aromatic heterocycles. The molecule has 0 spiro atoms. The fourth-order valence-corrected chi connectivity index (χ4v) is 4.69. The van der Waals surface area contributed by atoms with Crippen molar-refractivity contribution in [3.8, 4) is 0 Å². The molecule has 146 valence electrons. The second kappa shape index (κ2) is 7.36. The van der Waals surface area contributed by atoms with Crippen LogP contribution in [-0.4, -0.2) is 60.3 Å². The molecule has 3 fully saturated rings. The molecule has 3 aliphatic rings. The molecule has 0 aromatic carbocycles. The van der Waals surface area contributed by atoms with E-state index in [9.17, 15) is 0 Å². The first-order valence-corrected chi connectivity index (χ1v) is 10.6. The van der Waals surface area contributed by atoms with E-state index in [2.05, 4.69) is 36.1 Å². The topological polar surface area (TPSA) is 55.0 Å². The fraction of sp³-hybridized carbons (Fsp3) is 0.750. The Bertz CT molecular complexity index is 761. The van der Waals surface area contributed by atoms with Gasteiger partial charge in [-0.2, -0.15) is 0 Å². The average Bonchev–Trinajstić information content (AvgIpc) is 3.05. The van der Waals surface area contributed by atoms with Crippen LogP contribution in [0, 0.1) is 0 Å². The van der Waals surface area contributed by atoms with Crippen LogP contribution in [0.25, 0.3) is 0 Å². The van der Waals surface area contributed by atoms with Gasteiger partial charge < -0.3 is 9.13 Å². The predicted molar refractivity (Wildman–Crippen MR) is 103 cm³/mol. The van der Waals surface area contributed by atoms with Crippen molar-refractivity contribution < 1.29 is 0 Å². The van der Waals surface area contributed by atoms with Crippen LogP contribution >= 0.6 is 0 Å². The van der Waals surface area contributed by atoms with Gasteiger partial charge in [0.1, 0.15) is 17.5 Å². The van der Waals surface area contributed by atoms with Crippen molar-refractivity contribution in [2.24, 2.45) is 7.05 Å². The zero-order valence-electron chi connectivity index (χ0n) is 16.4. The van der Waals surface area contributed by atoms with Gasteiger partial charge in [-0.1, -0.05) is 0 Å². The second-order valence-corrected chi connectivity index (χ2v) is 8.56. The summed E-state index contributed by atoms with van der Waals surface area (Å²) < 4.78 is 4.65. The molecule has 0 bridgehead atoms. The molecule has 1 aliphatic carbocycles. The van der Waals surface area contributed by atoms with Crippen molar-refractivity contribution >= 4 is 0 Å². The molecule has 7 nitrogen and oxygen atoms in total. The highest BCUT2D eigenvalue weighted by Crippen LogP contribution is 2.40. The molecule has 27 heavy (non-hydrogen) atoms. The molecule has 2 saturated heterocycles. The molecule has 2 aromatic rings. The quantitative estimate of drug-likeness (QED) is 0.782. The zero-order chi connectivity index (χ0) is 18.2. The van der Waals surface area contributed by atoms with Gasteiger partial charge in [-0.3, -0.25) is 9.80 Å². The largest absolute Gasteiger partial charge is 0.337 e. The zero-order valence-corrected chi connectivity index (χ0v) is 16.4. The summed E-state index contributed by atoms with van der Waals surface area (Å²) in [6.45, 7) is 6.62. The van der Waals surface area contributed by atoms with E-state index in [0.717, 1.165) is 32.0 Å². The van der Waals surface area contributed by atoms with Crippen molar-refractivity contribution in [1.82, 2.24) is 34.1 Å². The molecular weight excluding hydrogens is 338 g/mol. The number of hydrogen-bond acceptors (Lipinski definition) is 5. The second-order valence-electron chi connectivity index (χ2n) is 8.56. The maximum Gasteiger partial charge on any atom is 0.147 e. The molecular formula is C20H31N7. The molecule has 7 heteroatoms. The minimum Gasteiger partial charge on any atom is -0.337 e. The standard InChI is InChI=1S/C20H31N7/c1-24-13-8-21-18(24)14-26-11-6-16(7-12-26)20-23-22-19(27(20)17-4-5-17)15-25-9-2-3-10-25/h8,13,16-17H,2-7,9-12,14-15H2,1H3. The van der Waals surface area contributed by atoms with Gasteiger partial charge in [0.2, 0.25) is 0 Å². The van der Waals surface area contributed by atoms with Gasteiger partial charge in [0.15, 0.2) is 0 Å². The Hall–Kier alpha value is -1.73. The van der Waals surface area contributed by atoms with Gasteiger partial charge in [-0.25, -0.2) is 4.98 Å². The van der Waals surface area contributed by atoms with Gasteiger partial charge in [-0.05, 0) is 64.7 Å². The van der Waals surface area contributed by atoms with E-state index < -0.39 is 0 Å². The van der Waals surface area contributed by atoms with E-state index in [1.807, 2.05) is 12.4 Å². The van der Waals surface area contributed by atoms with Gasteiger partial charge in [0, 0.05) is 31.4 Å². The smallest absolute Gasteiger partial charge is 0.147 e. The van der Waals surface area contributed by atoms with Crippen molar-refractivity contribution in [3.05, 3.63) is 29.9 Å². The SMILES string of the molecule is Cn1ccnc1CN1CCC(c2nnc(CN3CCCC3)n2C2CC2)CC1. The number of piperidine rings is 1. The fourth-order valence-electron chi connectivity index (χ4n) is 4.69. The van der Waals surface area contributed by atoms with Gasteiger partial charge in [0.05, 0.1) is 13.1 Å². The number of aromatic nitrogens is 5. The number of aryl methyl sites for hydroxylation is 1. The summed E-state index contributed by atoms with van der Waals surface area (Å²) in [5.74, 6) is 4.19. The number of rotatable bonds is 6. The third kappa shape index (κ3) is 3.67. The van der Waals surface area contributed by atoms with Gasteiger partial charge in [0.25, 0.3) is 0 Å². The minimum absolute atomic E-state index is 0.558. The maximum absolute atomic E-state index is 4.71. The molecule has 0 radical (unpaired) electrons. The van der Waals surface area contributed by atoms with Crippen molar-refractivity contribution in [2.45, 2.75) is 63.6 Å². The van der Waals surface area contributed by atoms with E-state index >= 15 is 0 Å². The summed E-state index contributed by atoms with van der Waals surface area (Å²) in [6.07, 6.45) is 11.5. The van der Waals surface area contributed by atoms with Crippen LogP contribution in [0.4, 0.5) is 0 Å². The number of likely N-dealkylation sites (tertiary alicyclic amines) is 2. The summed E-state index contributed by atoms with van der Waals surface area (Å²) in [7, 11) is 2.08. The molecule has 0 atom stereocenters. The summed E-state index contributed by atoms with van der Waals surface area (Å²) in [5, 5.41) is 9.36. The molecule has 5 rings (SSSR count). The van der Waals surface area contributed by atoms with E-state index in [1.165, 1.54) is 63.3 Å². The number of hydrogen-bond donors (Lipinski definition) is 0.